The average molecular weight is 412 g/mol. The summed E-state index contributed by atoms with van der Waals surface area (Å²) in [6.45, 7) is 1.81. The van der Waals surface area contributed by atoms with Gasteiger partial charge in [0, 0.05) is 5.92 Å². The van der Waals surface area contributed by atoms with E-state index >= 15 is 0 Å². The first kappa shape index (κ1) is 21.5. The second-order valence-corrected chi connectivity index (χ2v) is 6.95. The molecule has 2 aromatic rings. The Kier molecular flexibility index (Phi) is 6.70. The minimum absolute atomic E-state index is 0.147. The fourth-order valence-electron chi connectivity index (χ4n) is 3.26. The van der Waals surface area contributed by atoms with E-state index in [-0.39, 0.29) is 13.2 Å². The summed E-state index contributed by atoms with van der Waals surface area (Å²) in [5, 5.41) is 0. The molecule has 2 aromatic carbocycles. The number of hydrogen-bond acceptors (Lipinski definition) is 2. The summed E-state index contributed by atoms with van der Waals surface area (Å²) >= 11 is 0. The van der Waals surface area contributed by atoms with Crippen LogP contribution < -0.4 is 0 Å². The molecule has 0 aliphatic carbocycles. The Morgan fingerprint density at radius 1 is 1.03 bits per heavy atom. The Labute approximate surface area is 165 Å². The van der Waals surface area contributed by atoms with Gasteiger partial charge < -0.3 is 9.47 Å². The van der Waals surface area contributed by atoms with Gasteiger partial charge in [-0.05, 0) is 34.7 Å². The highest BCUT2D eigenvalue weighted by Gasteiger charge is 2.32. The molecule has 0 aromatic heterocycles. The number of halogens is 5. The third-order valence-corrected chi connectivity index (χ3v) is 4.69. The van der Waals surface area contributed by atoms with Gasteiger partial charge in [-0.1, -0.05) is 49.7 Å². The quantitative estimate of drug-likeness (QED) is 0.535. The van der Waals surface area contributed by atoms with Crippen LogP contribution in [0.1, 0.15) is 30.4 Å². The standard InChI is InChI=1S/C22H21F5O2/c1-2-3-14-4-6-15(7-5-14)16-8-9-18(19(23)10-16)17-12-28-21(29-13-17)20(24)11-22(25,26)27/h4-11,17,21H,2-3,12-13H2,1H3/b20-11-. The molecule has 3 rings (SSSR count). The van der Waals surface area contributed by atoms with Crippen molar-refractivity contribution < 1.29 is 31.4 Å². The molecule has 0 N–H and O–H groups in total. The summed E-state index contributed by atoms with van der Waals surface area (Å²) in [5.41, 5.74) is 3.12. The molecule has 1 heterocycles. The third kappa shape index (κ3) is 5.64. The largest absolute Gasteiger partial charge is 0.412 e. The zero-order chi connectivity index (χ0) is 21.0. The van der Waals surface area contributed by atoms with Crippen LogP contribution in [-0.4, -0.2) is 25.7 Å². The molecule has 0 unspecified atom stereocenters. The van der Waals surface area contributed by atoms with E-state index in [0.29, 0.717) is 11.1 Å². The van der Waals surface area contributed by atoms with Gasteiger partial charge in [-0.2, -0.15) is 13.2 Å². The second kappa shape index (κ2) is 9.05. The summed E-state index contributed by atoms with van der Waals surface area (Å²) in [7, 11) is 0. The highest BCUT2D eigenvalue weighted by Crippen LogP contribution is 2.31. The van der Waals surface area contributed by atoms with Crippen LogP contribution in [0.15, 0.2) is 54.4 Å². The molecule has 0 saturated carbocycles. The third-order valence-electron chi connectivity index (χ3n) is 4.69. The molecule has 0 atom stereocenters. The van der Waals surface area contributed by atoms with Crippen molar-refractivity contribution in [1.82, 2.24) is 0 Å². The number of rotatable bonds is 5. The Bertz CT molecular complexity index is 850. The lowest BCUT2D eigenvalue weighted by atomic mass is 9.95. The molecule has 0 bridgehead atoms. The van der Waals surface area contributed by atoms with Gasteiger partial charge in [0.1, 0.15) is 5.82 Å². The number of aryl methyl sites for hydroxylation is 1. The Morgan fingerprint density at radius 2 is 1.66 bits per heavy atom. The van der Waals surface area contributed by atoms with E-state index in [1.54, 1.807) is 12.1 Å². The van der Waals surface area contributed by atoms with Crippen molar-refractivity contribution in [1.29, 1.82) is 0 Å². The van der Waals surface area contributed by atoms with Crippen molar-refractivity contribution in [3.63, 3.8) is 0 Å². The Morgan fingerprint density at radius 3 is 2.21 bits per heavy atom. The predicted octanol–water partition coefficient (Wildman–Crippen LogP) is 6.32. The van der Waals surface area contributed by atoms with Crippen LogP contribution in [0.4, 0.5) is 22.0 Å². The van der Waals surface area contributed by atoms with Crippen molar-refractivity contribution in [3.05, 3.63) is 71.3 Å². The van der Waals surface area contributed by atoms with E-state index in [0.717, 1.165) is 18.4 Å². The molecule has 1 aliphatic heterocycles. The number of ether oxygens (including phenoxy) is 2. The van der Waals surface area contributed by atoms with Gasteiger partial charge in [-0.15, -0.1) is 0 Å². The predicted molar refractivity (Wildman–Crippen MR) is 99.5 cm³/mol. The smallest absolute Gasteiger partial charge is 0.346 e. The first-order chi connectivity index (χ1) is 13.8. The van der Waals surface area contributed by atoms with Crippen LogP contribution in [0.5, 0.6) is 0 Å². The van der Waals surface area contributed by atoms with Crippen molar-refractivity contribution >= 4 is 0 Å². The molecular weight excluding hydrogens is 391 g/mol. The summed E-state index contributed by atoms with van der Waals surface area (Å²) < 4.78 is 74.9. The molecule has 1 fully saturated rings. The van der Waals surface area contributed by atoms with Crippen molar-refractivity contribution in [2.45, 2.75) is 38.1 Å². The van der Waals surface area contributed by atoms with Gasteiger partial charge in [0.15, 0.2) is 5.83 Å². The lowest BCUT2D eigenvalue weighted by Crippen LogP contribution is -2.32. The molecule has 0 spiro atoms. The normalized spacial score (nSPS) is 20.7. The molecule has 29 heavy (non-hydrogen) atoms. The summed E-state index contributed by atoms with van der Waals surface area (Å²) in [5.74, 6) is -2.56. The van der Waals surface area contributed by atoms with E-state index in [1.807, 2.05) is 24.3 Å². The molecular formula is C22H21F5O2. The maximum atomic E-state index is 14.7. The molecule has 0 radical (unpaired) electrons. The monoisotopic (exact) mass is 412 g/mol. The molecule has 156 valence electrons. The minimum Gasteiger partial charge on any atom is -0.346 e. The molecule has 2 nitrogen and oxygen atoms in total. The van der Waals surface area contributed by atoms with Crippen molar-refractivity contribution in [3.8, 4) is 11.1 Å². The van der Waals surface area contributed by atoms with Gasteiger partial charge in [0.05, 0.1) is 19.3 Å². The van der Waals surface area contributed by atoms with E-state index in [2.05, 4.69) is 6.92 Å². The van der Waals surface area contributed by atoms with Crippen molar-refractivity contribution in [2.75, 3.05) is 13.2 Å². The Balaban J connectivity index is 1.68. The van der Waals surface area contributed by atoms with Gasteiger partial charge >= 0.3 is 6.18 Å². The van der Waals surface area contributed by atoms with Gasteiger partial charge in [-0.25, -0.2) is 8.78 Å². The maximum absolute atomic E-state index is 14.7. The molecule has 1 aliphatic rings. The van der Waals surface area contributed by atoms with Crippen molar-refractivity contribution in [2.24, 2.45) is 0 Å². The fraction of sp³-hybridized carbons (Fsp3) is 0.364. The van der Waals surface area contributed by atoms with Crippen LogP contribution in [0.3, 0.4) is 0 Å². The lowest BCUT2D eigenvalue weighted by molar-refractivity contribution is -0.177. The van der Waals surface area contributed by atoms with Crippen LogP contribution >= 0.6 is 0 Å². The number of benzene rings is 2. The highest BCUT2D eigenvalue weighted by atomic mass is 19.4. The van der Waals surface area contributed by atoms with Gasteiger partial charge in [0.25, 0.3) is 0 Å². The van der Waals surface area contributed by atoms with Crippen LogP contribution in [0.25, 0.3) is 11.1 Å². The topological polar surface area (TPSA) is 18.5 Å². The zero-order valence-electron chi connectivity index (χ0n) is 15.8. The van der Waals surface area contributed by atoms with Crippen LogP contribution in [-0.2, 0) is 15.9 Å². The molecule has 0 amide bonds. The second-order valence-electron chi connectivity index (χ2n) is 6.95. The Hall–Kier alpha value is -2.25. The first-order valence-corrected chi connectivity index (χ1v) is 9.33. The first-order valence-electron chi connectivity index (χ1n) is 9.33. The number of alkyl halides is 3. The minimum atomic E-state index is -4.80. The summed E-state index contributed by atoms with van der Waals surface area (Å²) in [6, 6.07) is 12.7. The number of allylic oxidation sites excluding steroid dienone is 1. The lowest BCUT2D eigenvalue weighted by Gasteiger charge is -2.29. The fourth-order valence-corrected chi connectivity index (χ4v) is 3.26. The average Bonchev–Trinajstić information content (AvgIpc) is 2.68. The highest BCUT2D eigenvalue weighted by molar-refractivity contribution is 5.64. The maximum Gasteiger partial charge on any atom is 0.412 e. The summed E-state index contributed by atoms with van der Waals surface area (Å²) in [6.07, 6.45) is -5.00. The number of hydrogen-bond donors (Lipinski definition) is 0. The van der Waals surface area contributed by atoms with E-state index < -0.39 is 36.1 Å². The van der Waals surface area contributed by atoms with E-state index in [1.165, 1.54) is 11.6 Å². The van der Waals surface area contributed by atoms with Crippen LogP contribution in [0, 0.1) is 5.82 Å². The zero-order valence-corrected chi connectivity index (χ0v) is 15.8. The summed E-state index contributed by atoms with van der Waals surface area (Å²) in [4.78, 5) is 0. The van der Waals surface area contributed by atoms with E-state index in [9.17, 15) is 22.0 Å². The molecule has 7 heteroatoms. The van der Waals surface area contributed by atoms with Crippen LogP contribution in [0.2, 0.25) is 0 Å². The van der Waals surface area contributed by atoms with Gasteiger partial charge in [0.2, 0.25) is 6.29 Å². The van der Waals surface area contributed by atoms with Gasteiger partial charge in [-0.3, -0.25) is 0 Å². The molecule has 1 saturated heterocycles. The van der Waals surface area contributed by atoms with E-state index in [4.69, 9.17) is 9.47 Å². The SMILES string of the molecule is CCCc1ccc(-c2ccc(C3COC(/C(F)=C/C(F)(F)F)OC3)c(F)c2)cc1.